The van der Waals surface area contributed by atoms with Crippen LogP contribution in [0.4, 0.5) is 4.79 Å². The van der Waals surface area contributed by atoms with Crippen molar-refractivity contribution in [1.29, 1.82) is 0 Å². The number of ether oxygens (including phenoxy) is 1. The molecule has 0 bridgehead atoms. The SMILES string of the molecule is Cc1nccc2cc(CNC(=O)[C@@H]3CCN3C(=O)[C@H](N)C3CCCCC3)ccc12.Cc1nccc2cc(CNC(=O)[C@@H]3CCN3C(=O)[C@H](NC(=O)OC(C)(C)C)C3CCCCC3)ccc12. The van der Waals surface area contributed by atoms with Gasteiger partial charge in [0.1, 0.15) is 23.7 Å². The molecule has 2 saturated carbocycles. The lowest BCUT2D eigenvalue weighted by Crippen LogP contribution is -2.63. The normalized spacial score (nSPS) is 20.0. The second kappa shape index (κ2) is 21.1. The second-order valence-corrected chi connectivity index (χ2v) is 19.5. The molecule has 5 N–H and O–H groups in total. The van der Waals surface area contributed by atoms with E-state index in [0.29, 0.717) is 39.0 Å². The average molecular weight is 889 g/mol. The molecule has 5 amide bonds. The molecule has 2 aromatic carbocycles. The highest BCUT2D eigenvalue weighted by molar-refractivity contribution is 5.94. The minimum absolute atomic E-state index is 0.0543. The van der Waals surface area contributed by atoms with Crippen molar-refractivity contribution in [2.24, 2.45) is 17.6 Å². The number of aryl methyl sites for hydroxylation is 2. The molecular weight excluding hydrogens is 821 g/mol. The third-order valence-corrected chi connectivity index (χ3v) is 13.7. The van der Waals surface area contributed by atoms with Gasteiger partial charge in [0.25, 0.3) is 0 Å². The number of fused-ring (bicyclic) bond motifs is 2. The molecular formula is C51H68N8O6. The van der Waals surface area contributed by atoms with E-state index in [9.17, 15) is 24.0 Å². The van der Waals surface area contributed by atoms with E-state index in [2.05, 4.69) is 38.1 Å². The summed E-state index contributed by atoms with van der Waals surface area (Å²) in [7, 11) is 0. The van der Waals surface area contributed by atoms with Gasteiger partial charge in [-0.1, -0.05) is 62.8 Å². The van der Waals surface area contributed by atoms with Crippen LogP contribution in [0.3, 0.4) is 0 Å². The van der Waals surface area contributed by atoms with Crippen LogP contribution in [0, 0.1) is 25.7 Å². The summed E-state index contributed by atoms with van der Waals surface area (Å²) < 4.78 is 5.44. The Balaban J connectivity index is 0.000000198. The third kappa shape index (κ3) is 11.8. The molecule has 14 nitrogen and oxygen atoms in total. The Morgan fingerprint density at radius 1 is 0.662 bits per heavy atom. The number of nitrogens with two attached hydrogens (primary N) is 1. The molecule has 8 rings (SSSR count). The maximum atomic E-state index is 13.6. The van der Waals surface area contributed by atoms with Gasteiger partial charge < -0.3 is 36.2 Å². The Kier molecular flexibility index (Phi) is 15.4. The number of aromatic nitrogens is 2. The summed E-state index contributed by atoms with van der Waals surface area (Å²) in [5.74, 6) is -0.189. The maximum absolute atomic E-state index is 13.6. The Hall–Kier alpha value is -5.63. The van der Waals surface area contributed by atoms with Gasteiger partial charge in [-0.2, -0.15) is 0 Å². The van der Waals surface area contributed by atoms with Crippen LogP contribution in [-0.4, -0.2) is 92.3 Å². The molecule has 2 aliphatic heterocycles. The summed E-state index contributed by atoms with van der Waals surface area (Å²) in [6.07, 6.45) is 14.9. The van der Waals surface area contributed by atoms with E-state index in [1.54, 1.807) is 43.0 Å². The predicted octanol–water partition coefficient (Wildman–Crippen LogP) is 6.90. The van der Waals surface area contributed by atoms with Crippen LogP contribution in [0.25, 0.3) is 21.5 Å². The number of hydrogen-bond donors (Lipinski definition) is 4. The van der Waals surface area contributed by atoms with Gasteiger partial charge in [-0.05, 0) is 131 Å². The number of amides is 5. The fourth-order valence-corrected chi connectivity index (χ4v) is 9.79. The molecule has 4 heterocycles. The van der Waals surface area contributed by atoms with E-state index in [1.807, 2.05) is 50.2 Å². The Labute approximate surface area is 383 Å². The summed E-state index contributed by atoms with van der Waals surface area (Å²) in [6.45, 7) is 11.3. The zero-order chi connectivity index (χ0) is 46.3. The van der Waals surface area contributed by atoms with E-state index in [1.165, 1.54) is 6.42 Å². The van der Waals surface area contributed by atoms with Crippen molar-refractivity contribution in [2.45, 2.75) is 155 Å². The van der Waals surface area contributed by atoms with Crippen LogP contribution in [-0.2, 0) is 37.0 Å². The van der Waals surface area contributed by atoms with Crippen LogP contribution in [0.5, 0.6) is 0 Å². The van der Waals surface area contributed by atoms with Crippen molar-refractivity contribution in [3.8, 4) is 0 Å². The predicted molar refractivity (Wildman–Crippen MR) is 251 cm³/mol. The minimum atomic E-state index is -0.673. The number of likely N-dealkylation sites (tertiary alicyclic amines) is 2. The van der Waals surface area contributed by atoms with Gasteiger partial charge in [-0.15, -0.1) is 0 Å². The Bertz CT molecular complexity index is 2350. The molecule has 2 aromatic heterocycles. The Morgan fingerprint density at radius 3 is 1.57 bits per heavy atom. The van der Waals surface area contributed by atoms with Crippen molar-refractivity contribution >= 4 is 51.3 Å². The van der Waals surface area contributed by atoms with Gasteiger partial charge in [-0.25, -0.2) is 4.79 Å². The van der Waals surface area contributed by atoms with Crippen molar-refractivity contribution in [1.82, 2.24) is 35.7 Å². The molecule has 2 aliphatic carbocycles. The molecule has 0 unspecified atom stereocenters. The minimum Gasteiger partial charge on any atom is -0.444 e. The summed E-state index contributed by atoms with van der Waals surface area (Å²) >= 11 is 0. The van der Waals surface area contributed by atoms with Gasteiger partial charge in [-0.3, -0.25) is 29.1 Å². The molecule has 4 fully saturated rings. The smallest absolute Gasteiger partial charge is 0.408 e. The Morgan fingerprint density at radius 2 is 1.12 bits per heavy atom. The number of rotatable bonds is 11. The summed E-state index contributed by atoms with van der Waals surface area (Å²) in [6, 6.07) is 14.1. The number of pyridine rings is 2. The standard InChI is InChI=1S/C28H38N4O4.C23H30N4O2/c1-18-22-11-10-19(16-21(22)12-14-29-18)17-30-25(33)23-13-15-32(23)26(34)24(20-8-6-5-7-9-20)31-27(35)36-28(2,3)4;1-15-19-8-7-16(13-18(19)9-11-25-15)14-26-22(28)20-10-12-27(20)23(29)21(24)17-5-3-2-4-6-17/h10-12,14,16,20,23-24H,5-9,13,15,17H2,1-4H3,(H,30,33)(H,31,35);7-9,11,13,17,20-21H,2-6,10,12,14,24H2,1H3,(H,26,28)/t23-,24+;20-,21+/m00/s1. The van der Waals surface area contributed by atoms with Crippen LogP contribution < -0.4 is 21.7 Å². The molecule has 14 heteroatoms. The molecule has 65 heavy (non-hydrogen) atoms. The van der Waals surface area contributed by atoms with Gasteiger partial charge in [0, 0.05) is 60.7 Å². The zero-order valence-corrected chi connectivity index (χ0v) is 38.9. The quantitative estimate of drug-likeness (QED) is 0.124. The molecule has 4 atom stereocenters. The monoisotopic (exact) mass is 889 g/mol. The third-order valence-electron chi connectivity index (χ3n) is 13.7. The molecule has 2 saturated heterocycles. The van der Waals surface area contributed by atoms with Crippen LogP contribution >= 0.6 is 0 Å². The van der Waals surface area contributed by atoms with Crippen molar-refractivity contribution < 1.29 is 28.7 Å². The van der Waals surface area contributed by atoms with Crippen molar-refractivity contribution in [3.05, 3.63) is 83.4 Å². The van der Waals surface area contributed by atoms with Crippen molar-refractivity contribution in [3.63, 3.8) is 0 Å². The van der Waals surface area contributed by atoms with Crippen molar-refractivity contribution in [2.75, 3.05) is 13.1 Å². The number of nitrogens with one attached hydrogen (secondary N) is 3. The van der Waals surface area contributed by atoms with E-state index in [-0.39, 0.29) is 41.5 Å². The van der Waals surface area contributed by atoms with E-state index >= 15 is 0 Å². The number of carbonyl (C=O) groups excluding carboxylic acids is 5. The molecule has 0 radical (unpaired) electrons. The van der Waals surface area contributed by atoms with Gasteiger partial charge in [0.15, 0.2) is 0 Å². The first-order valence-corrected chi connectivity index (χ1v) is 23.8. The molecule has 4 aromatic rings. The van der Waals surface area contributed by atoms with Crippen LogP contribution in [0.15, 0.2) is 60.9 Å². The fraction of sp³-hybridized carbons (Fsp3) is 0.549. The highest BCUT2D eigenvalue weighted by atomic mass is 16.6. The number of benzene rings is 2. The molecule has 4 aliphatic rings. The molecule has 348 valence electrons. The summed E-state index contributed by atoms with van der Waals surface area (Å²) in [5, 5.41) is 13.2. The highest BCUT2D eigenvalue weighted by Gasteiger charge is 2.44. The first-order valence-electron chi connectivity index (χ1n) is 23.8. The number of hydrogen-bond acceptors (Lipinski definition) is 9. The topological polar surface area (TPSA) is 189 Å². The number of carbonyl (C=O) groups is 5. The van der Waals surface area contributed by atoms with E-state index in [4.69, 9.17) is 10.5 Å². The lowest BCUT2D eigenvalue weighted by molar-refractivity contribution is -0.150. The second-order valence-electron chi connectivity index (χ2n) is 19.5. The van der Waals surface area contributed by atoms with Crippen LogP contribution in [0.1, 0.15) is 120 Å². The van der Waals surface area contributed by atoms with E-state index in [0.717, 1.165) is 102 Å². The van der Waals surface area contributed by atoms with Gasteiger partial charge in [0.05, 0.1) is 6.04 Å². The largest absolute Gasteiger partial charge is 0.444 e. The average Bonchev–Trinajstić information content (AvgIpc) is 3.26. The first kappa shape index (κ1) is 47.3. The lowest BCUT2D eigenvalue weighted by atomic mass is 9.82. The summed E-state index contributed by atoms with van der Waals surface area (Å²) in [4.78, 5) is 76.5. The fourth-order valence-electron chi connectivity index (χ4n) is 9.79. The number of nitrogens with zero attached hydrogens (tertiary/aromatic N) is 4. The van der Waals surface area contributed by atoms with Crippen LogP contribution in [0.2, 0.25) is 0 Å². The maximum Gasteiger partial charge on any atom is 0.408 e. The first-order chi connectivity index (χ1) is 31.2. The highest BCUT2D eigenvalue weighted by Crippen LogP contribution is 2.31. The number of alkyl carbamates (subject to hydrolysis) is 1. The van der Waals surface area contributed by atoms with Gasteiger partial charge in [0.2, 0.25) is 23.6 Å². The lowest BCUT2D eigenvalue weighted by Gasteiger charge is -2.43. The summed E-state index contributed by atoms with van der Waals surface area (Å²) in [5.41, 5.74) is 9.61. The zero-order valence-electron chi connectivity index (χ0n) is 38.9. The van der Waals surface area contributed by atoms with E-state index < -0.39 is 29.8 Å². The molecule has 0 spiro atoms. The van der Waals surface area contributed by atoms with Gasteiger partial charge >= 0.3 is 6.09 Å².